The third-order valence-electron chi connectivity index (χ3n) is 8.44. The predicted molar refractivity (Wildman–Crippen MR) is 169 cm³/mol. The minimum atomic E-state index is -0.711. The topological polar surface area (TPSA) is 43.9 Å². The summed E-state index contributed by atoms with van der Waals surface area (Å²) in [6.07, 6.45) is 9.68. The van der Waals surface area contributed by atoms with Crippen molar-refractivity contribution >= 4 is 29.1 Å². The molecule has 42 heavy (non-hydrogen) atoms. The molecule has 3 aliphatic rings. The Balaban J connectivity index is 1.54. The average Bonchev–Trinajstić information content (AvgIpc) is 3.51. The van der Waals surface area contributed by atoms with E-state index in [-0.39, 0.29) is 29.7 Å². The van der Waals surface area contributed by atoms with Gasteiger partial charge >= 0.3 is 0 Å². The fraction of sp³-hybridized carbons (Fsp3) is 0.222. The number of allylic oxidation sites excluding steroid dienone is 5. The highest BCUT2D eigenvalue weighted by molar-refractivity contribution is 6.19. The highest BCUT2D eigenvalue weighted by Crippen LogP contribution is 2.52. The highest BCUT2D eigenvalue weighted by Gasteiger charge is 2.60. The molecule has 0 N–H and O–H groups in total. The lowest BCUT2D eigenvalue weighted by Crippen LogP contribution is -2.53. The Morgan fingerprint density at radius 1 is 0.881 bits per heavy atom. The largest absolute Gasteiger partial charge is 0.277 e. The first kappa shape index (κ1) is 27.8. The molecule has 3 aromatic carbocycles. The first-order chi connectivity index (χ1) is 20.4. The van der Waals surface area contributed by atoms with Gasteiger partial charge in [0.1, 0.15) is 6.04 Å². The number of alkyl halides is 1. The van der Waals surface area contributed by atoms with Crippen LogP contribution in [0.3, 0.4) is 0 Å². The number of hydrogen-bond acceptors (Lipinski definition) is 4. The van der Waals surface area contributed by atoms with E-state index < -0.39 is 12.0 Å². The van der Waals surface area contributed by atoms with Crippen LogP contribution in [0.1, 0.15) is 40.6 Å². The second kappa shape index (κ2) is 11.5. The van der Waals surface area contributed by atoms with Gasteiger partial charge in [-0.3, -0.25) is 19.6 Å². The lowest BCUT2D eigenvalue weighted by Gasteiger charge is -2.43. The van der Waals surface area contributed by atoms with Gasteiger partial charge in [0.25, 0.3) is 5.91 Å². The molecule has 3 aliphatic heterocycles. The van der Waals surface area contributed by atoms with Gasteiger partial charge in [-0.1, -0.05) is 103 Å². The molecule has 0 saturated carbocycles. The molecule has 0 aromatic heterocycles. The number of rotatable bonds is 7. The molecule has 2 fully saturated rings. The van der Waals surface area contributed by atoms with Crippen LogP contribution in [0.15, 0.2) is 127 Å². The van der Waals surface area contributed by atoms with Gasteiger partial charge in [-0.15, -0.1) is 11.6 Å². The minimum Gasteiger partial charge on any atom is -0.277 e. The Morgan fingerprint density at radius 3 is 2.14 bits per heavy atom. The number of benzene rings is 3. The number of fused-ring (bicyclic) bond motifs is 3. The van der Waals surface area contributed by atoms with Crippen LogP contribution in [-0.2, 0) is 9.59 Å². The zero-order chi connectivity index (χ0) is 29.4. The Bertz CT molecular complexity index is 1590. The summed E-state index contributed by atoms with van der Waals surface area (Å²) in [5.41, 5.74) is 7.02. The molecule has 3 aromatic rings. The molecular formula is C36H34ClN3O2. The summed E-state index contributed by atoms with van der Waals surface area (Å²) >= 11 is 5.96. The van der Waals surface area contributed by atoms with Crippen LogP contribution in [-0.4, -0.2) is 33.6 Å². The van der Waals surface area contributed by atoms with Crippen molar-refractivity contribution in [1.82, 2.24) is 9.91 Å². The fourth-order valence-electron chi connectivity index (χ4n) is 6.49. The van der Waals surface area contributed by atoms with E-state index in [0.29, 0.717) is 12.1 Å². The molecule has 3 heterocycles. The maximum atomic E-state index is 14.5. The second-order valence-electron chi connectivity index (χ2n) is 11.1. The SMILES string of the molecule is C=CC=C(C=CCCl)N1C(=O)C2C(c3ccc(C)cc3)C=C3CC(c4ccc(C)cc4)N(c4ccccc4)N3C2C1=O. The van der Waals surface area contributed by atoms with Crippen molar-refractivity contribution in [3.63, 3.8) is 0 Å². The lowest BCUT2D eigenvalue weighted by molar-refractivity contribution is -0.137. The Labute approximate surface area is 252 Å². The zero-order valence-electron chi connectivity index (χ0n) is 23.9. The van der Waals surface area contributed by atoms with Gasteiger partial charge in [0.05, 0.1) is 23.3 Å². The standard InChI is InChI=1S/C36H34ClN3O2/c1-4-9-28(12-8-21-37)38-35(41)33-31(26-17-13-24(2)14-18-26)22-30-23-32(27-19-15-25(3)16-20-27)39(29-10-6-5-7-11-29)40(30)34(33)36(38)42/h4-20,22,31-34H,1,21,23H2,2-3H3. The third kappa shape index (κ3) is 4.78. The summed E-state index contributed by atoms with van der Waals surface area (Å²) in [6, 6.07) is 26.3. The molecule has 6 heteroatoms. The maximum absolute atomic E-state index is 14.5. The number of hydrazine groups is 1. The summed E-state index contributed by atoms with van der Waals surface area (Å²) in [6.45, 7) is 7.96. The van der Waals surface area contributed by atoms with E-state index in [1.165, 1.54) is 10.5 Å². The molecule has 212 valence electrons. The van der Waals surface area contributed by atoms with Crippen LogP contribution < -0.4 is 5.01 Å². The number of halogens is 1. The summed E-state index contributed by atoms with van der Waals surface area (Å²) in [7, 11) is 0. The smallest absolute Gasteiger partial charge is 0.259 e. The first-order valence-electron chi connectivity index (χ1n) is 14.3. The number of aryl methyl sites for hydroxylation is 2. The van der Waals surface area contributed by atoms with Gasteiger partial charge in [0.2, 0.25) is 5.91 Å². The number of imide groups is 1. The van der Waals surface area contributed by atoms with E-state index >= 15 is 0 Å². The number of likely N-dealkylation sites (tertiary alicyclic amines) is 1. The van der Waals surface area contributed by atoms with Gasteiger partial charge in [0, 0.05) is 23.9 Å². The predicted octanol–water partition coefficient (Wildman–Crippen LogP) is 7.37. The number of anilines is 1. The van der Waals surface area contributed by atoms with Crippen molar-refractivity contribution in [1.29, 1.82) is 0 Å². The van der Waals surface area contributed by atoms with Crippen LogP contribution in [0.25, 0.3) is 0 Å². The first-order valence-corrected chi connectivity index (χ1v) is 14.9. The van der Waals surface area contributed by atoms with Crippen molar-refractivity contribution < 1.29 is 9.59 Å². The maximum Gasteiger partial charge on any atom is 0.259 e. The van der Waals surface area contributed by atoms with E-state index in [1.54, 1.807) is 24.3 Å². The van der Waals surface area contributed by atoms with E-state index in [0.717, 1.165) is 28.1 Å². The van der Waals surface area contributed by atoms with Gasteiger partial charge in [-0.05, 0) is 49.3 Å². The Morgan fingerprint density at radius 2 is 1.52 bits per heavy atom. The van der Waals surface area contributed by atoms with Crippen molar-refractivity contribution in [2.24, 2.45) is 5.92 Å². The number of nitrogens with zero attached hydrogens (tertiary/aromatic N) is 3. The monoisotopic (exact) mass is 575 g/mol. The molecule has 0 aliphatic carbocycles. The van der Waals surface area contributed by atoms with Gasteiger partial charge in [-0.2, -0.15) is 0 Å². The van der Waals surface area contributed by atoms with Crippen molar-refractivity contribution in [2.45, 2.75) is 38.3 Å². The van der Waals surface area contributed by atoms with Crippen LogP contribution in [0.5, 0.6) is 0 Å². The number of hydrogen-bond donors (Lipinski definition) is 0. The van der Waals surface area contributed by atoms with E-state index in [1.807, 2.05) is 18.2 Å². The van der Waals surface area contributed by atoms with Crippen LogP contribution in [0.4, 0.5) is 5.69 Å². The number of amides is 2. The molecule has 4 atom stereocenters. The molecule has 2 amide bonds. The van der Waals surface area contributed by atoms with Crippen molar-refractivity contribution in [3.8, 4) is 0 Å². The average molecular weight is 576 g/mol. The molecule has 6 rings (SSSR count). The Kier molecular flexibility index (Phi) is 7.61. The quantitative estimate of drug-likeness (QED) is 0.168. The van der Waals surface area contributed by atoms with E-state index in [4.69, 9.17) is 11.6 Å². The van der Waals surface area contributed by atoms with Gasteiger partial charge < -0.3 is 0 Å². The van der Waals surface area contributed by atoms with Crippen LogP contribution in [0.2, 0.25) is 0 Å². The summed E-state index contributed by atoms with van der Waals surface area (Å²) in [5, 5.41) is 4.33. The van der Waals surface area contributed by atoms with Gasteiger partial charge in [0.15, 0.2) is 0 Å². The minimum absolute atomic E-state index is 0.0343. The fourth-order valence-corrected chi connectivity index (χ4v) is 6.58. The Hall–Kier alpha value is -4.35. The zero-order valence-corrected chi connectivity index (χ0v) is 24.6. The molecule has 4 unspecified atom stereocenters. The van der Waals surface area contributed by atoms with E-state index in [9.17, 15) is 9.59 Å². The highest BCUT2D eigenvalue weighted by atomic mass is 35.5. The number of carbonyl (C=O) groups is 2. The lowest BCUT2D eigenvalue weighted by atomic mass is 9.78. The summed E-state index contributed by atoms with van der Waals surface area (Å²) in [4.78, 5) is 30.3. The summed E-state index contributed by atoms with van der Waals surface area (Å²) < 4.78 is 0. The van der Waals surface area contributed by atoms with Crippen molar-refractivity contribution in [2.75, 3.05) is 10.9 Å². The molecule has 5 nitrogen and oxygen atoms in total. The number of para-hydroxylation sites is 1. The molecule has 2 saturated heterocycles. The number of carbonyl (C=O) groups excluding carboxylic acids is 2. The molecule has 0 bridgehead atoms. The van der Waals surface area contributed by atoms with Crippen LogP contribution in [0, 0.1) is 19.8 Å². The summed E-state index contributed by atoms with van der Waals surface area (Å²) in [5.74, 6) is -1.05. The third-order valence-corrected chi connectivity index (χ3v) is 8.61. The van der Waals surface area contributed by atoms with Crippen molar-refractivity contribution in [3.05, 3.63) is 149 Å². The van der Waals surface area contributed by atoms with Gasteiger partial charge in [-0.25, -0.2) is 4.90 Å². The molecule has 0 spiro atoms. The molecular weight excluding hydrogens is 542 g/mol. The van der Waals surface area contributed by atoms with Crippen LogP contribution >= 0.6 is 11.6 Å². The normalized spacial score (nSPS) is 23.8. The van der Waals surface area contributed by atoms with E-state index in [2.05, 4.69) is 97.2 Å². The second-order valence-corrected chi connectivity index (χ2v) is 11.4. The molecule has 0 radical (unpaired) electrons.